The van der Waals surface area contributed by atoms with Crippen molar-refractivity contribution in [2.24, 2.45) is 5.92 Å². The number of nitrogens with zero attached hydrogens (tertiary/aromatic N) is 4. The zero-order valence-electron chi connectivity index (χ0n) is 18.1. The van der Waals surface area contributed by atoms with Gasteiger partial charge in [0, 0.05) is 38.8 Å². The Morgan fingerprint density at radius 1 is 1.06 bits per heavy atom. The van der Waals surface area contributed by atoms with Gasteiger partial charge < -0.3 is 20.4 Å². The molecule has 1 aromatic rings. The molecule has 2 saturated heterocycles. The number of urea groups is 1. The van der Waals surface area contributed by atoms with Crippen LogP contribution in [0.2, 0.25) is 0 Å². The maximum atomic E-state index is 13.4. The van der Waals surface area contributed by atoms with E-state index in [1.807, 2.05) is 15.1 Å². The van der Waals surface area contributed by atoms with E-state index in [-0.39, 0.29) is 0 Å². The highest BCUT2D eigenvalue weighted by atomic mass is 32.2. The number of carbonyl (C=O) groups is 1. The first-order valence-electron chi connectivity index (χ1n) is 10.9. The Balaban J connectivity index is 1.48. The van der Waals surface area contributed by atoms with Gasteiger partial charge in [0.15, 0.2) is 0 Å². The molecule has 1 aromatic heterocycles. The Labute approximate surface area is 190 Å². The van der Waals surface area contributed by atoms with Gasteiger partial charge in [0.2, 0.25) is 5.82 Å². The third-order valence-corrected chi connectivity index (χ3v) is 6.32. The van der Waals surface area contributed by atoms with E-state index in [1.54, 1.807) is 6.07 Å². The molecule has 3 N–H and O–H groups in total. The largest absolute Gasteiger partial charge is 0.451 e. The van der Waals surface area contributed by atoms with Gasteiger partial charge in [0.25, 0.3) is 10.1 Å². The summed E-state index contributed by atoms with van der Waals surface area (Å²) < 4.78 is 69.9. The lowest BCUT2D eigenvalue weighted by atomic mass is 9.92. The third-order valence-electron chi connectivity index (χ3n) is 5.81. The number of nitrogens with one attached hydrogen (secondary N) is 2. The van der Waals surface area contributed by atoms with Crippen LogP contribution >= 0.6 is 0 Å². The summed E-state index contributed by atoms with van der Waals surface area (Å²) in [5, 5.41) is 4.55. The van der Waals surface area contributed by atoms with Crippen molar-refractivity contribution in [3.63, 3.8) is 0 Å². The maximum Gasteiger partial charge on any atom is 0.451 e. The van der Waals surface area contributed by atoms with Crippen LogP contribution in [0, 0.1) is 5.92 Å². The van der Waals surface area contributed by atoms with E-state index >= 15 is 0 Å². The molecule has 2 aliphatic heterocycles. The van der Waals surface area contributed by atoms with Crippen LogP contribution in [0.5, 0.6) is 0 Å². The molecule has 0 spiro atoms. The Morgan fingerprint density at radius 3 is 2.18 bits per heavy atom. The van der Waals surface area contributed by atoms with Crippen LogP contribution in [-0.4, -0.2) is 67.6 Å². The van der Waals surface area contributed by atoms with Gasteiger partial charge in [-0.05, 0) is 44.4 Å². The lowest BCUT2D eigenvalue weighted by Gasteiger charge is -2.33. The van der Waals surface area contributed by atoms with Crippen LogP contribution in [0.1, 0.15) is 44.3 Å². The van der Waals surface area contributed by atoms with E-state index in [9.17, 15) is 26.4 Å². The van der Waals surface area contributed by atoms with Crippen molar-refractivity contribution in [3.05, 3.63) is 11.9 Å². The second-order valence-electron chi connectivity index (χ2n) is 8.33. The minimum Gasteiger partial charge on any atom is -0.356 e. The molecule has 0 bridgehead atoms. The highest BCUT2D eigenvalue weighted by Crippen LogP contribution is 2.33. The molecule has 0 aliphatic carbocycles. The summed E-state index contributed by atoms with van der Waals surface area (Å²) in [7, 11) is -4.26. The molecule has 10 nitrogen and oxygen atoms in total. The average molecular weight is 495 g/mol. The molecule has 14 heteroatoms. The normalized spacial score (nSPS) is 17.9. The van der Waals surface area contributed by atoms with E-state index < -0.39 is 34.0 Å². The molecule has 33 heavy (non-hydrogen) atoms. The van der Waals surface area contributed by atoms with Crippen molar-refractivity contribution in [1.82, 2.24) is 20.6 Å². The maximum absolute atomic E-state index is 13.4. The Morgan fingerprint density at radius 2 is 1.64 bits per heavy atom. The first-order chi connectivity index (χ1) is 15.5. The lowest BCUT2D eigenvalue weighted by molar-refractivity contribution is -0.144. The predicted octanol–water partition coefficient (Wildman–Crippen LogP) is 2.24. The summed E-state index contributed by atoms with van der Waals surface area (Å²) in [6, 6.07) is 0.969. The van der Waals surface area contributed by atoms with Gasteiger partial charge >= 0.3 is 12.2 Å². The Bertz CT molecular complexity index is 917. The van der Waals surface area contributed by atoms with E-state index in [0.29, 0.717) is 56.7 Å². The number of alkyl halides is 3. The van der Waals surface area contributed by atoms with Crippen molar-refractivity contribution in [2.45, 2.75) is 44.7 Å². The lowest BCUT2D eigenvalue weighted by Crippen LogP contribution is -2.39. The summed E-state index contributed by atoms with van der Waals surface area (Å²) in [4.78, 5) is 22.8. The molecular weight excluding hydrogens is 465 g/mol. The number of amides is 2. The average Bonchev–Trinajstić information content (AvgIpc) is 3.29. The summed E-state index contributed by atoms with van der Waals surface area (Å²) >= 11 is 0. The molecule has 0 unspecified atom stereocenters. The number of carbonyl (C=O) groups excluding carboxylic acids is 1. The second-order valence-corrected chi connectivity index (χ2v) is 9.78. The molecular formula is C19H29F3N6O4S. The molecule has 186 valence electrons. The molecule has 0 aromatic carbocycles. The van der Waals surface area contributed by atoms with Crippen LogP contribution in [0.3, 0.4) is 0 Å². The number of hydrogen-bond acceptors (Lipinski definition) is 7. The Kier molecular flexibility index (Phi) is 8.21. The number of halogens is 3. The van der Waals surface area contributed by atoms with Crippen molar-refractivity contribution in [1.29, 1.82) is 0 Å². The van der Waals surface area contributed by atoms with E-state index in [1.165, 1.54) is 0 Å². The van der Waals surface area contributed by atoms with Gasteiger partial charge in [-0.1, -0.05) is 0 Å². The quantitative estimate of drug-likeness (QED) is 0.371. The highest BCUT2D eigenvalue weighted by Gasteiger charge is 2.37. The number of hydrogen-bond donors (Lipinski definition) is 3. The van der Waals surface area contributed by atoms with Crippen LogP contribution in [0.4, 0.5) is 29.6 Å². The van der Waals surface area contributed by atoms with E-state index in [0.717, 1.165) is 32.1 Å². The van der Waals surface area contributed by atoms with Crippen molar-refractivity contribution < 1.29 is 30.9 Å². The fourth-order valence-electron chi connectivity index (χ4n) is 4.08. The molecule has 2 fully saturated rings. The summed E-state index contributed by atoms with van der Waals surface area (Å²) in [6.45, 7) is 2.90. The third kappa shape index (κ3) is 7.88. The standard InChI is InChI=1S/C19H29F3N6O4S/c20-19(21,22)17-25-15(27-8-1-2-9-27)12-16(26-17)28-10-5-14(6-11-28)4-3-7-23-18(29)24-13-33(30,31)32/h12,14H,1-11,13H2,(H2,23,24,29)(H,30,31,32). The summed E-state index contributed by atoms with van der Waals surface area (Å²) in [6.07, 6.45) is 0.340. The minimum atomic E-state index is -4.61. The zero-order valence-corrected chi connectivity index (χ0v) is 19.0. The fraction of sp³-hybridized carbons (Fsp3) is 0.737. The molecule has 2 aliphatic rings. The monoisotopic (exact) mass is 494 g/mol. The number of piperidine rings is 1. The van der Waals surface area contributed by atoms with E-state index in [2.05, 4.69) is 15.3 Å². The van der Waals surface area contributed by atoms with Crippen LogP contribution in [0.15, 0.2) is 6.07 Å². The van der Waals surface area contributed by atoms with Gasteiger partial charge in [-0.2, -0.15) is 21.6 Å². The molecule has 3 heterocycles. The van der Waals surface area contributed by atoms with Gasteiger partial charge in [-0.15, -0.1) is 0 Å². The van der Waals surface area contributed by atoms with Gasteiger partial charge in [0.05, 0.1) is 0 Å². The summed E-state index contributed by atoms with van der Waals surface area (Å²) in [5.74, 6) is -0.969. The van der Waals surface area contributed by atoms with Crippen LogP contribution in [-0.2, 0) is 16.3 Å². The van der Waals surface area contributed by atoms with Gasteiger partial charge in [-0.25, -0.2) is 14.8 Å². The molecule has 0 saturated carbocycles. The summed E-state index contributed by atoms with van der Waals surface area (Å²) in [5.41, 5.74) is 0. The molecule has 3 rings (SSSR count). The smallest absolute Gasteiger partial charge is 0.356 e. The van der Waals surface area contributed by atoms with Crippen LogP contribution < -0.4 is 20.4 Å². The SMILES string of the molecule is O=C(NCCCC1CCN(c2cc(N3CCCC3)nc(C(F)(F)F)n2)CC1)NCS(=O)(=O)O. The Hall–Kier alpha value is -2.35. The topological polar surface area (TPSA) is 128 Å². The second kappa shape index (κ2) is 10.7. The minimum absolute atomic E-state index is 0.301. The van der Waals surface area contributed by atoms with Crippen LogP contribution in [0.25, 0.3) is 0 Å². The van der Waals surface area contributed by atoms with Gasteiger partial charge in [0.1, 0.15) is 17.5 Å². The predicted molar refractivity (Wildman–Crippen MR) is 116 cm³/mol. The molecule has 0 atom stereocenters. The van der Waals surface area contributed by atoms with Crippen molar-refractivity contribution in [3.8, 4) is 0 Å². The first kappa shape index (κ1) is 25.3. The first-order valence-corrected chi connectivity index (χ1v) is 12.6. The molecule has 0 radical (unpaired) electrons. The fourth-order valence-corrected chi connectivity index (χ4v) is 4.40. The highest BCUT2D eigenvalue weighted by molar-refractivity contribution is 7.85. The number of anilines is 2. The molecule has 2 amide bonds. The van der Waals surface area contributed by atoms with Gasteiger partial charge in [-0.3, -0.25) is 4.55 Å². The number of aromatic nitrogens is 2. The number of rotatable bonds is 8. The van der Waals surface area contributed by atoms with E-state index in [4.69, 9.17) is 4.55 Å². The van der Waals surface area contributed by atoms with Crippen molar-refractivity contribution in [2.75, 3.05) is 48.4 Å². The zero-order chi connectivity index (χ0) is 24.1. The van der Waals surface area contributed by atoms with Crippen molar-refractivity contribution >= 4 is 27.8 Å².